The van der Waals surface area contributed by atoms with E-state index in [9.17, 15) is 9.59 Å². The maximum Gasteiger partial charge on any atom is 0.253 e. The molecule has 0 aromatic heterocycles. The van der Waals surface area contributed by atoms with Gasteiger partial charge in [-0.05, 0) is 57.2 Å². The molecule has 1 aliphatic heterocycles. The molecule has 2 fully saturated rings. The standard InChI is InChI=1S/C21H31N3O2/c1-3-15(2)22-21(26)18-14-17(23-20(25)16-8-4-5-9-16)10-11-19(18)24-12-6-7-13-24/h10-11,14-16H,3-9,12-13H2,1-2H3,(H,22,26)(H,23,25)/t15-/m0/s1. The molecule has 142 valence electrons. The largest absolute Gasteiger partial charge is 0.371 e. The first kappa shape index (κ1) is 18.7. The molecule has 5 heteroatoms. The molecule has 1 saturated heterocycles. The number of nitrogens with one attached hydrogen (secondary N) is 2. The van der Waals surface area contributed by atoms with Crippen LogP contribution in [-0.4, -0.2) is 30.9 Å². The van der Waals surface area contributed by atoms with Crippen molar-refractivity contribution in [1.29, 1.82) is 0 Å². The number of amides is 2. The summed E-state index contributed by atoms with van der Waals surface area (Å²) in [6.45, 7) is 6.04. The topological polar surface area (TPSA) is 61.4 Å². The zero-order chi connectivity index (χ0) is 18.5. The summed E-state index contributed by atoms with van der Waals surface area (Å²) in [4.78, 5) is 27.5. The quantitative estimate of drug-likeness (QED) is 0.810. The van der Waals surface area contributed by atoms with E-state index in [4.69, 9.17) is 0 Å². The Morgan fingerprint density at radius 1 is 1.15 bits per heavy atom. The van der Waals surface area contributed by atoms with Crippen LogP contribution >= 0.6 is 0 Å². The number of hydrogen-bond acceptors (Lipinski definition) is 3. The molecule has 1 aromatic rings. The molecule has 26 heavy (non-hydrogen) atoms. The fourth-order valence-corrected chi connectivity index (χ4v) is 3.87. The van der Waals surface area contributed by atoms with Gasteiger partial charge in [0.1, 0.15) is 0 Å². The summed E-state index contributed by atoms with van der Waals surface area (Å²) in [6, 6.07) is 5.89. The number of carbonyl (C=O) groups is 2. The van der Waals surface area contributed by atoms with E-state index in [0.29, 0.717) is 5.56 Å². The van der Waals surface area contributed by atoms with E-state index in [2.05, 4.69) is 22.5 Å². The predicted molar refractivity (Wildman–Crippen MR) is 106 cm³/mol. The van der Waals surface area contributed by atoms with Crippen LogP contribution in [0.3, 0.4) is 0 Å². The van der Waals surface area contributed by atoms with Gasteiger partial charge >= 0.3 is 0 Å². The van der Waals surface area contributed by atoms with Gasteiger partial charge in [-0.25, -0.2) is 0 Å². The van der Waals surface area contributed by atoms with Crippen LogP contribution in [0, 0.1) is 5.92 Å². The van der Waals surface area contributed by atoms with Crippen molar-refractivity contribution >= 4 is 23.2 Å². The smallest absolute Gasteiger partial charge is 0.253 e. The van der Waals surface area contributed by atoms with E-state index < -0.39 is 0 Å². The third-order valence-corrected chi connectivity index (χ3v) is 5.67. The van der Waals surface area contributed by atoms with Crippen molar-refractivity contribution in [2.45, 2.75) is 64.8 Å². The number of carbonyl (C=O) groups excluding carboxylic acids is 2. The van der Waals surface area contributed by atoms with Crippen LogP contribution in [0.25, 0.3) is 0 Å². The summed E-state index contributed by atoms with van der Waals surface area (Å²) < 4.78 is 0. The van der Waals surface area contributed by atoms with Gasteiger partial charge in [0.05, 0.1) is 5.56 Å². The van der Waals surface area contributed by atoms with Crippen molar-refractivity contribution < 1.29 is 9.59 Å². The Morgan fingerprint density at radius 2 is 1.85 bits per heavy atom. The van der Waals surface area contributed by atoms with Crippen LogP contribution in [0.4, 0.5) is 11.4 Å². The lowest BCUT2D eigenvalue weighted by Gasteiger charge is -2.23. The van der Waals surface area contributed by atoms with Gasteiger partial charge in [-0.3, -0.25) is 9.59 Å². The second-order valence-corrected chi connectivity index (χ2v) is 7.68. The normalized spacial score (nSPS) is 18.8. The molecule has 1 saturated carbocycles. The van der Waals surface area contributed by atoms with Gasteiger partial charge in [0, 0.05) is 36.4 Å². The maximum absolute atomic E-state index is 12.8. The number of hydrogen-bond donors (Lipinski definition) is 2. The van der Waals surface area contributed by atoms with Gasteiger partial charge in [0.15, 0.2) is 0 Å². The number of anilines is 2. The lowest BCUT2D eigenvalue weighted by Crippen LogP contribution is -2.33. The Hall–Kier alpha value is -2.04. The molecule has 2 aliphatic rings. The van der Waals surface area contributed by atoms with Gasteiger partial charge in [0.25, 0.3) is 5.91 Å². The average molecular weight is 357 g/mol. The van der Waals surface area contributed by atoms with Crippen LogP contribution in [-0.2, 0) is 4.79 Å². The van der Waals surface area contributed by atoms with Gasteiger partial charge in [-0.1, -0.05) is 19.8 Å². The zero-order valence-electron chi connectivity index (χ0n) is 16.0. The second-order valence-electron chi connectivity index (χ2n) is 7.68. The Morgan fingerprint density at radius 3 is 2.50 bits per heavy atom. The molecular weight excluding hydrogens is 326 g/mol. The molecule has 3 rings (SSSR count). The van der Waals surface area contributed by atoms with Crippen molar-refractivity contribution in [3.05, 3.63) is 23.8 Å². The highest BCUT2D eigenvalue weighted by molar-refractivity contribution is 6.02. The van der Waals surface area contributed by atoms with Gasteiger partial charge < -0.3 is 15.5 Å². The van der Waals surface area contributed by atoms with Crippen LogP contribution in [0.1, 0.15) is 69.2 Å². The van der Waals surface area contributed by atoms with Crippen LogP contribution in [0.5, 0.6) is 0 Å². The molecular formula is C21H31N3O2. The molecule has 5 nitrogen and oxygen atoms in total. The second kappa shape index (κ2) is 8.56. The maximum atomic E-state index is 12.8. The summed E-state index contributed by atoms with van der Waals surface area (Å²) in [5.74, 6) is 0.147. The molecule has 2 N–H and O–H groups in total. The molecule has 0 unspecified atom stereocenters. The minimum absolute atomic E-state index is 0.0572. The fourth-order valence-electron chi connectivity index (χ4n) is 3.87. The highest BCUT2D eigenvalue weighted by atomic mass is 16.2. The van der Waals surface area contributed by atoms with Crippen LogP contribution in [0.2, 0.25) is 0 Å². The SMILES string of the molecule is CC[C@H](C)NC(=O)c1cc(NC(=O)C2CCCC2)ccc1N1CCCC1. The third-order valence-electron chi connectivity index (χ3n) is 5.67. The predicted octanol–water partition coefficient (Wildman–Crippen LogP) is 3.94. The van der Waals surface area contributed by atoms with Crippen molar-refractivity contribution in [2.75, 3.05) is 23.3 Å². The van der Waals surface area contributed by atoms with Crippen molar-refractivity contribution in [3.63, 3.8) is 0 Å². The van der Waals surface area contributed by atoms with E-state index in [1.54, 1.807) is 0 Å². The zero-order valence-corrected chi connectivity index (χ0v) is 16.0. The monoisotopic (exact) mass is 357 g/mol. The minimum atomic E-state index is -0.0572. The van der Waals surface area contributed by atoms with Gasteiger partial charge in [0.2, 0.25) is 5.91 Å². The number of rotatable bonds is 6. The minimum Gasteiger partial charge on any atom is -0.371 e. The summed E-state index contributed by atoms with van der Waals surface area (Å²) in [7, 11) is 0. The van der Waals surface area contributed by atoms with E-state index >= 15 is 0 Å². The Balaban J connectivity index is 1.81. The number of nitrogens with zero attached hydrogens (tertiary/aromatic N) is 1. The van der Waals surface area contributed by atoms with Crippen LogP contribution < -0.4 is 15.5 Å². The highest BCUT2D eigenvalue weighted by Gasteiger charge is 2.24. The molecule has 1 aliphatic carbocycles. The fraction of sp³-hybridized carbons (Fsp3) is 0.619. The molecule has 0 spiro atoms. The van der Waals surface area contributed by atoms with E-state index in [1.807, 2.05) is 25.1 Å². The summed E-state index contributed by atoms with van der Waals surface area (Å²) >= 11 is 0. The van der Waals surface area contributed by atoms with Crippen molar-refractivity contribution in [1.82, 2.24) is 5.32 Å². The summed E-state index contributed by atoms with van der Waals surface area (Å²) in [5.41, 5.74) is 2.36. The van der Waals surface area contributed by atoms with Gasteiger partial charge in [-0.2, -0.15) is 0 Å². The van der Waals surface area contributed by atoms with Crippen molar-refractivity contribution in [2.24, 2.45) is 5.92 Å². The Bertz CT molecular complexity index is 647. The summed E-state index contributed by atoms with van der Waals surface area (Å²) in [5, 5.41) is 6.09. The van der Waals surface area contributed by atoms with Crippen molar-refractivity contribution in [3.8, 4) is 0 Å². The first-order chi connectivity index (χ1) is 12.6. The average Bonchev–Trinajstić information content (AvgIpc) is 3.35. The van der Waals surface area contributed by atoms with E-state index in [0.717, 1.165) is 69.4 Å². The molecule has 0 bridgehead atoms. The van der Waals surface area contributed by atoms with Gasteiger partial charge in [-0.15, -0.1) is 0 Å². The van der Waals surface area contributed by atoms with Crippen LogP contribution in [0.15, 0.2) is 18.2 Å². The first-order valence-corrected chi connectivity index (χ1v) is 10.1. The van der Waals surface area contributed by atoms with E-state index in [1.165, 1.54) is 0 Å². The lowest BCUT2D eigenvalue weighted by molar-refractivity contribution is -0.119. The third kappa shape index (κ3) is 4.37. The highest BCUT2D eigenvalue weighted by Crippen LogP contribution is 2.29. The van der Waals surface area contributed by atoms with E-state index in [-0.39, 0.29) is 23.8 Å². The molecule has 1 aromatic carbocycles. The molecule has 2 amide bonds. The Kier molecular flexibility index (Phi) is 6.17. The lowest BCUT2D eigenvalue weighted by atomic mass is 10.1. The molecule has 1 heterocycles. The molecule has 1 atom stereocenters. The molecule has 0 radical (unpaired) electrons. The number of benzene rings is 1. The first-order valence-electron chi connectivity index (χ1n) is 10.1. The Labute approximate surface area is 156 Å². The summed E-state index contributed by atoms with van der Waals surface area (Å²) in [6.07, 6.45) is 7.42.